The molecule has 166 valence electrons. The minimum absolute atomic E-state index is 0.337. The first-order valence-electron chi connectivity index (χ1n) is 10.7. The van der Waals surface area contributed by atoms with Crippen LogP contribution in [0.1, 0.15) is 12.0 Å². The van der Waals surface area contributed by atoms with Crippen molar-refractivity contribution in [3.63, 3.8) is 0 Å². The molecule has 3 aromatic rings. The number of benzene rings is 1. The van der Waals surface area contributed by atoms with Crippen LogP contribution in [0.25, 0.3) is 21.9 Å². The Labute approximate surface area is 184 Å². The largest absolute Gasteiger partial charge is 0.474 e. The molecule has 0 spiro atoms. The van der Waals surface area contributed by atoms with Crippen LogP contribution in [-0.4, -0.2) is 48.9 Å². The summed E-state index contributed by atoms with van der Waals surface area (Å²) in [5.74, 6) is 0.844. The van der Waals surface area contributed by atoms with Gasteiger partial charge < -0.3 is 20.1 Å². The predicted octanol–water partition coefficient (Wildman–Crippen LogP) is 3.71. The van der Waals surface area contributed by atoms with E-state index in [9.17, 15) is 9.18 Å². The maximum absolute atomic E-state index is 15.0. The molecule has 0 bridgehead atoms. The summed E-state index contributed by atoms with van der Waals surface area (Å²) in [6.07, 6.45) is 3.61. The minimum atomic E-state index is -0.549. The Hall–Kier alpha value is -3.46. The predicted molar refractivity (Wildman–Crippen MR) is 120 cm³/mol. The molecule has 4 heterocycles. The molecule has 32 heavy (non-hydrogen) atoms. The number of pyridine rings is 2. The first-order chi connectivity index (χ1) is 15.6. The first-order valence-corrected chi connectivity index (χ1v) is 10.7. The van der Waals surface area contributed by atoms with E-state index >= 15 is 0 Å². The van der Waals surface area contributed by atoms with Gasteiger partial charge in [-0.15, -0.1) is 0 Å². The number of hydrogen-bond acceptors (Lipinski definition) is 7. The van der Waals surface area contributed by atoms with Crippen LogP contribution >= 0.6 is 0 Å². The van der Waals surface area contributed by atoms with Crippen molar-refractivity contribution in [2.75, 3.05) is 43.5 Å². The van der Waals surface area contributed by atoms with Gasteiger partial charge in [0.15, 0.2) is 0 Å². The van der Waals surface area contributed by atoms with Gasteiger partial charge in [0.1, 0.15) is 23.9 Å². The van der Waals surface area contributed by atoms with Gasteiger partial charge in [-0.3, -0.25) is 5.32 Å². The molecular weight excluding hydrogens is 413 g/mol. The molecule has 8 nitrogen and oxygen atoms in total. The van der Waals surface area contributed by atoms with E-state index in [1.807, 2.05) is 6.92 Å². The molecular formula is C23H24FN5O3. The van der Waals surface area contributed by atoms with Gasteiger partial charge in [0.2, 0.25) is 5.88 Å². The van der Waals surface area contributed by atoms with Crippen LogP contribution in [0.4, 0.5) is 20.7 Å². The van der Waals surface area contributed by atoms with Gasteiger partial charge in [-0.2, -0.15) is 0 Å². The van der Waals surface area contributed by atoms with Crippen molar-refractivity contribution >= 4 is 28.4 Å². The lowest BCUT2D eigenvalue weighted by Gasteiger charge is -2.21. The van der Waals surface area contributed by atoms with Crippen LogP contribution in [0.5, 0.6) is 5.88 Å². The van der Waals surface area contributed by atoms with Crippen LogP contribution in [-0.2, 0) is 4.74 Å². The number of amides is 1. The first kappa shape index (κ1) is 20.4. The number of carbonyl (C=O) groups is 1. The molecule has 1 saturated heterocycles. The fourth-order valence-electron chi connectivity index (χ4n) is 4.12. The smallest absolute Gasteiger partial charge is 0.412 e. The number of fused-ring (bicyclic) bond motifs is 2. The highest BCUT2D eigenvalue weighted by Gasteiger charge is 2.20. The number of ether oxygens (including phenoxy) is 2. The highest BCUT2D eigenvalue weighted by Crippen LogP contribution is 2.37. The lowest BCUT2D eigenvalue weighted by molar-refractivity contribution is 0.144. The zero-order valence-corrected chi connectivity index (χ0v) is 17.7. The number of nitrogens with zero attached hydrogens (tertiary/aromatic N) is 2. The van der Waals surface area contributed by atoms with Gasteiger partial charge in [-0.05, 0) is 49.0 Å². The second-order valence-electron chi connectivity index (χ2n) is 8.08. The van der Waals surface area contributed by atoms with Gasteiger partial charge in [-0.1, -0.05) is 0 Å². The van der Waals surface area contributed by atoms with E-state index in [1.165, 1.54) is 12.3 Å². The zero-order chi connectivity index (χ0) is 22.1. The van der Waals surface area contributed by atoms with E-state index in [2.05, 4.69) is 25.9 Å². The lowest BCUT2D eigenvalue weighted by Crippen LogP contribution is -2.20. The molecule has 0 aliphatic carbocycles. The molecule has 3 N–H and O–H groups in total. The summed E-state index contributed by atoms with van der Waals surface area (Å²) >= 11 is 0. The normalized spacial score (nSPS) is 17.4. The van der Waals surface area contributed by atoms with Crippen molar-refractivity contribution in [2.45, 2.75) is 13.3 Å². The maximum Gasteiger partial charge on any atom is 0.412 e. The number of carbonyl (C=O) groups excluding carboxylic acids is 1. The topological polar surface area (TPSA) is 97.4 Å². The van der Waals surface area contributed by atoms with E-state index in [0.29, 0.717) is 53.9 Å². The van der Waals surface area contributed by atoms with Crippen molar-refractivity contribution in [2.24, 2.45) is 5.92 Å². The molecule has 5 rings (SSSR count). The molecule has 1 atom stereocenters. The van der Waals surface area contributed by atoms with Crippen molar-refractivity contribution < 1.29 is 18.7 Å². The van der Waals surface area contributed by atoms with Crippen LogP contribution in [0, 0.1) is 18.7 Å². The Bertz CT molecular complexity index is 1180. The Morgan fingerprint density at radius 1 is 1.22 bits per heavy atom. The van der Waals surface area contributed by atoms with Crippen LogP contribution in [0.3, 0.4) is 0 Å². The quantitative estimate of drug-likeness (QED) is 0.573. The number of hydrogen-bond donors (Lipinski definition) is 3. The molecule has 1 amide bonds. The molecule has 1 aromatic carbocycles. The van der Waals surface area contributed by atoms with E-state index in [4.69, 9.17) is 9.47 Å². The van der Waals surface area contributed by atoms with Crippen molar-refractivity contribution in [3.05, 3.63) is 42.0 Å². The number of aromatic nitrogens is 2. The van der Waals surface area contributed by atoms with Gasteiger partial charge in [0, 0.05) is 47.9 Å². The Morgan fingerprint density at radius 2 is 2.12 bits per heavy atom. The zero-order valence-electron chi connectivity index (χ0n) is 17.7. The van der Waals surface area contributed by atoms with Crippen LogP contribution < -0.4 is 20.7 Å². The second kappa shape index (κ2) is 8.58. The molecule has 2 aliphatic rings. The molecule has 2 aliphatic heterocycles. The SMILES string of the molecule is Cc1c(-c2cc3cc(NC(=O)OC[C@@H]4CCNC4)ncc3cc2F)cnc2c1NCCO2. The molecule has 0 radical (unpaired) electrons. The fraction of sp³-hybridized carbons (Fsp3) is 0.348. The third kappa shape index (κ3) is 4.03. The highest BCUT2D eigenvalue weighted by molar-refractivity contribution is 5.92. The average Bonchev–Trinajstić information content (AvgIpc) is 3.32. The minimum Gasteiger partial charge on any atom is -0.474 e. The summed E-state index contributed by atoms with van der Waals surface area (Å²) in [6.45, 7) is 5.30. The van der Waals surface area contributed by atoms with Gasteiger partial charge in [0.25, 0.3) is 0 Å². The number of anilines is 2. The van der Waals surface area contributed by atoms with E-state index in [-0.39, 0.29) is 5.82 Å². The summed E-state index contributed by atoms with van der Waals surface area (Å²) in [5.41, 5.74) is 2.75. The number of halogens is 1. The summed E-state index contributed by atoms with van der Waals surface area (Å²) in [7, 11) is 0. The Morgan fingerprint density at radius 3 is 2.97 bits per heavy atom. The van der Waals surface area contributed by atoms with Crippen LogP contribution in [0.2, 0.25) is 0 Å². The highest BCUT2D eigenvalue weighted by atomic mass is 19.1. The molecule has 9 heteroatoms. The summed E-state index contributed by atoms with van der Waals surface area (Å²) in [4.78, 5) is 20.7. The molecule has 0 unspecified atom stereocenters. The van der Waals surface area contributed by atoms with E-state index in [1.54, 1.807) is 18.3 Å². The van der Waals surface area contributed by atoms with Crippen molar-refractivity contribution in [3.8, 4) is 17.0 Å². The third-order valence-electron chi connectivity index (χ3n) is 5.89. The summed E-state index contributed by atoms with van der Waals surface area (Å²) in [5, 5.41) is 10.5. The fourth-order valence-corrected chi connectivity index (χ4v) is 4.12. The molecule has 1 fully saturated rings. The third-order valence-corrected chi connectivity index (χ3v) is 5.89. The monoisotopic (exact) mass is 437 g/mol. The van der Waals surface area contributed by atoms with Gasteiger partial charge in [0.05, 0.1) is 6.61 Å². The van der Waals surface area contributed by atoms with Gasteiger partial charge in [-0.25, -0.2) is 19.2 Å². The maximum atomic E-state index is 15.0. The molecule has 0 saturated carbocycles. The van der Waals surface area contributed by atoms with Crippen molar-refractivity contribution in [1.29, 1.82) is 0 Å². The Kier molecular flexibility index (Phi) is 5.48. The Balaban J connectivity index is 1.40. The standard InChI is InChI=1S/C23H24FN5O3/c1-13-18(11-28-22-21(13)26-4-5-31-22)17-6-15-8-20(27-10-16(15)7-19(17)24)29-23(30)32-12-14-2-3-25-9-14/h6-8,10-11,14,25-26H,2-5,9,12H2,1H3,(H,27,29,30)/t14-/m1/s1. The van der Waals surface area contributed by atoms with E-state index in [0.717, 1.165) is 36.1 Å². The summed E-state index contributed by atoms with van der Waals surface area (Å²) < 4.78 is 25.8. The van der Waals surface area contributed by atoms with Crippen LogP contribution in [0.15, 0.2) is 30.6 Å². The summed E-state index contributed by atoms with van der Waals surface area (Å²) in [6, 6.07) is 4.89. The number of nitrogens with one attached hydrogen (secondary N) is 3. The van der Waals surface area contributed by atoms with Crippen molar-refractivity contribution in [1.82, 2.24) is 15.3 Å². The molecule has 2 aromatic heterocycles. The lowest BCUT2D eigenvalue weighted by atomic mass is 9.98. The van der Waals surface area contributed by atoms with E-state index < -0.39 is 6.09 Å². The average molecular weight is 437 g/mol. The van der Waals surface area contributed by atoms with Gasteiger partial charge >= 0.3 is 6.09 Å². The second-order valence-corrected chi connectivity index (χ2v) is 8.08. The number of rotatable bonds is 4.